The lowest BCUT2D eigenvalue weighted by Crippen LogP contribution is -2.30. The second-order valence-electron chi connectivity index (χ2n) is 4.61. The van der Waals surface area contributed by atoms with Crippen molar-refractivity contribution in [3.63, 3.8) is 0 Å². The molecule has 0 radical (unpaired) electrons. The Kier molecular flexibility index (Phi) is 5.44. The van der Waals surface area contributed by atoms with Gasteiger partial charge >= 0.3 is 0 Å². The highest BCUT2D eigenvalue weighted by atomic mass is 79.9. The van der Waals surface area contributed by atoms with Gasteiger partial charge < -0.3 is 5.32 Å². The minimum Gasteiger partial charge on any atom is -0.316 e. The second kappa shape index (κ2) is 7.09. The van der Waals surface area contributed by atoms with Crippen molar-refractivity contribution in [2.45, 2.75) is 18.9 Å². The molecule has 0 saturated heterocycles. The van der Waals surface area contributed by atoms with E-state index in [0.717, 1.165) is 17.9 Å². The predicted molar refractivity (Wildman–Crippen MR) is 85.8 cm³/mol. The zero-order chi connectivity index (χ0) is 13.7. The molecule has 0 heterocycles. The van der Waals surface area contributed by atoms with Gasteiger partial charge in [-0.25, -0.2) is 0 Å². The molecule has 0 aromatic heterocycles. The summed E-state index contributed by atoms with van der Waals surface area (Å²) in [6.07, 6.45) is 2.00. The summed E-state index contributed by atoms with van der Waals surface area (Å²) in [5, 5.41) is 4.17. The van der Waals surface area contributed by atoms with Crippen LogP contribution in [0, 0.1) is 0 Å². The summed E-state index contributed by atoms with van der Waals surface area (Å²) in [5.74, 6) is 0. The molecule has 19 heavy (non-hydrogen) atoms. The molecule has 0 aliphatic heterocycles. The van der Waals surface area contributed by atoms with Crippen molar-refractivity contribution >= 4 is 27.5 Å². The van der Waals surface area contributed by atoms with E-state index in [4.69, 9.17) is 11.6 Å². The Balaban J connectivity index is 2.05. The topological polar surface area (TPSA) is 12.0 Å². The van der Waals surface area contributed by atoms with Crippen molar-refractivity contribution in [2.75, 3.05) is 7.05 Å². The van der Waals surface area contributed by atoms with Crippen LogP contribution in [0.4, 0.5) is 0 Å². The Labute approximate surface area is 128 Å². The van der Waals surface area contributed by atoms with Gasteiger partial charge in [-0.1, -0.05) is 57.9 Å². The Morgan fingerprint density at radius 3 is 2.37 bits per heavy atom. The maximum atomic E-state index is 5.91. The van der Waals surface area contributed by atoms with Crippen LogP contribution in [0.3, 0.4) is 0 Å². The van der Waals surface area contributed by atoms with Gasteiger partial charge in [0.1, 0.15) is 0 Å². The Morgan fingerprint density at radius 1 is 1.05 bits per heavy atom. The van der Waals surface area contributed by atoms with Crippen LogP contribution < -0.4 is 5.32 Å². The van der Waals surface area contributed by atoms with Gasteiger partial charge in [-0.3, -0.25) is 0 Å². The molecule has 1 atom stereocenters. The SMILES string of the molecule is CNC(Cc1ccc(Cl)cc1)Cc1ccccc1Br. The monoisotopic (exact) mass is 337 g/mol. The first-order chi connectivity index (χ1) is 9.19. The fourth-order valence-electron chi connectivity index (χ4n) is 2.11. The van der Waals surface area contributed by atoms with Gasteiger partial charge in [0.05, 0.1) is 0 Å². The average Bonchev–Trinajstić information content (AvgIpc) is 2.43. The Bertz CT molecular complexity index is 525. The number of nitrogens with one attached hydrogen (secondary N) is 1. The first-order valence-electron chi connectivity index (χ1n) is 6.34. The van der Waals surface area contributed by atoms with Crippen molar-refractivity contribution in [1.29, 1.82) is 0 Å². The summed E-state index contributed by atoms with van der Waals surface area (Å²) in [6, 6.07) is 16.9. The van der Waals surface area contributed by atoms with E-state index in [-0.39, 0.29) is 0 Å². The molecule has 3 heteroatoms. The largest absolute Gasteiger partial charge is 0.316 e. The molecular weight excluding hydrogens is 322 g/mol. The maximum Gasteiger partial charge on any atom is 0.0406 e. The van der Waals surface area contributed by atoms with E-state index < -0.39 is 0 Å². The summed E-state index contributed by atoms with van der Waals surface area (Å²) >= 11 is 9.51. The highest BCUT2D eigenvalue weighted by Crippen LogP contribution is 2.19. The van der Waals surface area contributed by atoms with Gasteiger partial charge in [-0.05, 0) is 49.2 Å². The number of hydrogen-bond donors (Lipinski definition) is 1. The molecular formula is C16H17BrClN. The maximum absolute atomic E-state index is 5.91. The van der Waals surface area contributed by atoms with Crippen LogP contribution in [0.15, 0.2) is 53.0 Å². The van der Waals surface area contributed by atoms with Crippen LogP contribution in [0.25, 0.3) is 0 Å². The van der Waals surface area contributed by atoms with Crippen molar-refractivity contribution in [1.82, 2.24) is 5.32 Å². The molecule has 1 nitrogen and oxygen atoms in total. The number of hydrogen-bond acceptors (Lipinski definition) is 1. The van der Waals surface area contributed by atoms with E-state index in [1.807, 2.05) is 25.2 Å². The molecule has 2 rings (SSSR count). The number of likely N-dealkylation sites (N-methyl/N-ethyl adjacent to an activating group) is 1. The lowest BCUT2D eigenvalue weighted by Gasteiger charge is -2.17. The lowest BCUT2D eigenvalue weighted by atomic mass is 9.99. The number of benzene rings is 2. The summed E-state index contributed by atoms with van der Waals surface area (Å²) in [5.41, 5.74) is 2.63. The highest BCUT2D eigenvalue weighted by molar-refractivity contribution is 9.10. The van der Waals surface area contributed by atoms with Crippen molar-refractivity contribution in [3.05, 3.63) is 69.2 Å². The zero-order valence-corrected chi connectivity index (χ0v) is 13.2. The Hall–Kier alpha value is -0.830. The first kappa shape index (κ1) is 14.6. The standard InChI is InChI=1S/C16H17BrClN/c1-19-15(10-12-6-8-14(18)9-7-12)11-13-4-2-3-5-16(13)17/h2-9,15,19H,10-11H2,1H3. The van der Waals surface area contributed by atoms with Crippen LogP contribution >= 0.6 is 27.5 Å². The number of halogens is 2. The van der Waals surface area contributed by atoms with E-state index in [1.165, 1.54) is 15.6 Å². The average molecular weight is 339 g/mol. The molecule has 0 aliphatic carbocycles. The summed E-state index contributed by atoms with van der Waals surface area (Å²) < 4.78 is 1.17. The van der Waals surface area contributed by atoms with Gasteiger partial charge in [-0.2, -0.15) is 0 Å². The molecule has 0 spiro atoms. The molecule has 0 fully saturated rings. The summed E-state index contributed by atoms with van der Waals surface area (Å²) in [7, 11) is 2.01. The number of rotatable bonds is 5. The van der Waals surface area contributed by atoms with Crippen LogP contribution in [0.5, 0.6) is 0 Å². The smallest absolute Gasteiger partial charge is 0.0406 e. The third-order valence-corrected chi connectivity index (χ3v) is 4.25. The van der Waals surface area contributed by atoms with Crippen molar-refractivity contribution in [2.24, 2.45) is 0 Å². The van der Waals surface area contributed by atoms with Gasteiger partial charge in [0, 0.05) is 15.5 Å². The van der Waals surface area contributed by atoms with Crippen LogP contribution in [0.2, 0.25) is 5.02 Å². The molecule has 2 aromatic rings. The molecule has 2 aromatic carbocycles. The van der Waals surface area contributed by atoms with Gasteiger partial charge in [0.25, 0.3) is 0 Å². The van der Waals surface area contributed by atoms with Crippen LogP contribution in [0.1, 0.15) is 11.1 Å². The van der Waals surface area contributed by atoms with Crippen LogP contribution in [-0.4, -0.2) is 13.1 Å². The molecule has 1 N–H and O–H groups in total. The first-order valence-corrected chi connectivity index (χ1v) is 7.51. The molecule has 0 amide bonds. The van der Waals surface area contributed by atoms with E-state index >= 15 is 0 Å². The van der Waals surface area contributed by atoms with E-state index in [0.29, 0.717) is 6.04 Å². The summed E-state index contributed by atoms with van der Waals surface area (Å²) in [4.78, 5) is 0. The zero-order valence-electron chi connectivity index (χ0n) is 10.9. The third kappa shape index (κ3) is 4.34. The van der Waals surface area contributed by atoms with Gasteiger partial charge in [-0.15, -0.1) is 0 Å². The van der Waals surface area contributed by atoms with Gasteiger partial charge in [0.15, 0.2) is 0 Å². The third-order valence-electron chi connectivity index (χ3n) is 3.23. The molecule has 100 valence electrons. The fraction of sp³-hybridized carbons (Fsp3) is 0.250. The van der Waals surface area contributed by atoms with E-state index in [2.05, 4.69) is 51.6 Å². The molecule has 0 bridgehead atoms. The second-order valence-corrected chi connectivity index (χ2v) is 5.90. The molecule has 0 aliphatic rings. The van der Waals surface area contributed by atoms with Crippen molar-refractivity contribution < 1.29 is 0 Å². The molecule has 1 unspecified atom stereocenters. The minimum atomic E-state index is 0.417. The normalized spacial score (nSPS) is 12.4. The quantitative estimate of drug-likeness (QED) is 0.848. The van der Waals surface area contributed by atoms with Crippen molar-refractivity contribution in [3.8, 4) is 0 Å². The van der Waals surface area contributed by atoms with Gasteiger partial charge in [0.2, 0.25) is 0 Å². The fourth-order valence-corrected chi connectivity index (χ4v) is 2.68. The van der Waals surface area contributed by atoms with E-state index in [1.54, 1.807) is 0 Å². The molecule has 0 saturated carbocycles. The summed E-state index contributed by atoms with van der Waals surface area (Å²) in [6.45, 7) is 0. The minimum absolute atomic E-state index is 0.417. The predicted octanol–water partition coefficient (Wildman–Crippen LogP) is 4.48. The van der Waals surface area contributed by atoms with E-state index in [9.17, 15) is 0 Å². The lowest BCUT2D eigenvalue weighted by molar-refractivity contribution is 0.555. The highest BCUT2D eigenvalue weighted by Gasteiger charge is 2.10. The Morgan fingerprint density at radius 2 is 1.74 bits per heavy atom. The van der Waals surface area contributed by atoms with Crippen LogP contribution in [-0.2, 0) is 12.8 Å².